The lowest BCUT2D eigenvalue weighted by molar-refractivity contribution is -0.132. The van der Waals surface area contributed by atoms with Crippen LogP contribution in [0.2, 0.25) is 10.0 Å². The van der Waals surface area contributed by atoms with Gasteiger partial charge in [-0.05, 0) is 107 Å². The number of H-pyrrole nitrogens is 1. The van der Waals surface area contributed by atoms with Crippen LogP contribution in [0.1, 0.15) is 65.7 Å². The maximum atomic E-state index is 13.4. The number of aromatic nitrogens is 1. The number of aromatic amines is 1. The molecule has 0 bridgehead atoms. The van der Waals surface area contributed by atoms with Gasteiger partial charge in [0.1, 0.15) is 0 Å². The van der Waals surface area contributed by atoms with E-state index in [2.05, 4.69) is 20.1 Å². The number of nitrogens with one attached hydrogen (secondary N) is 2. The number of halogens is 2. The maximum Gasteiger partial charge on any atom is 0.256 e. The molecule has 0 spiro atoms. The minimum absolute atomic E-state index is 0.0724. The number of carbonyl (C=O) groups excluding carboxylic acids is 2. The first-order chi connectivity index (χ1) is 21.5. The average Bonchev–Trinajstić information content (AvgIpc) is 3.79. The molecule has 0 aliphatic carbocycles. The standard InChI is InChI=1S/C34H38Cl2N4O4S/c1-21-25(11-13-33(41)40-16-6-7-23(40)19-39-14-3-4-15-39)22(2)37-32(21)18-27-26-17-24(10-12-31(26)38-34(27)42)45(43,44)20-28-29(35)8-5-9-30(28)36/h5,8-10,12,17-18,23,37H,3-4,6-7,11,13-16,19-20H2,1-2H3,(H,38,42)/t23-/m1/s1. The van der Waals surface area contributed by atoms with E-state index in [4.69, 9.17) is 23.2 Å². The van der Waals surface area contributed by atoms with Crippen LogP contribution in [0.15, 0.2) is 41.3 Å². The van der Waals surface area contributed by atoms with Crippen molar-refractivity contribution in [2.45, 2.75) is 69.1 Å². The van der Waals surface area contributed by atoms with E-state index in [1.807, 2.05) is 13.8 Å². The highest BCUT2D eigenvalue weighted by atomic mass is 35.5. The Morgan fingerprint density at radius 3 is 2.49 bits per heavy atom. The lowest BCUT2D eigenvalue weighted by atomic mass is 10.0. The highest BCUT2D eigenvalue weighted by Gasteiger charge is 2.31. The Morgan fingerprint density at radius 1 is 1.02 bits per heavy atom. The fraction of sp³-hybridized carbons (Fsp3) is 0.412. The molecule has 0 unspecified atom stereocenters. The van der Waals surface area contributed by atoms with Crippen molar-refractivity contribution in [1.29, 1.82) is 0 Å². The van der Waals surface area contributed by atoms with E-state index in [0.29, 0.717) is 41.3 Å². The Balaban J connectivity index is 1.20. The maximum absolute atomic E-state index is 13.4. The second-order valence-electron chi connectivity index (χ2n) is 12.3. The van der Waals surface area contributed by atoms with Crippen LogP contribution in [0, 0.1) is 13.8 Å². The summed E-state index contributed by atoms with van der Waals surface area (Å²) in [6.07, 6.45) is 7.44. The topological polar surface area (TPSA) is 103 Å². The fourth-order valence-corrected chi connectivity index (χ4v) is 9.04. The summed E-state index contributed by atoms with van der Waals surface area (Å²) in [7, 11) is -3.82. The summed E-state index contributed by atoms with van der Waals surface area (Å²) < 4.78 is 26.8. The molecule has 6 rings (SSSR count). The fourth-order valence-electron chi connectivity index (χ4n) is 6.92. The lowest BCUT2D eigenvalue weighted by Crippen LogP contribution is -2.42. The molecule has 2 fully saturated rings. The number of sulfone groups is 1. The summed E-state index contributed by atoms with van der Waals surface area (Å²) in [5.41, 5.74) is 5.51. The number of hydrogen-bond donors (Lipinski definition) is 2. The van der Waals surface area contributed by atoms with Crippen molar-refractivity contribution in [3.05, 3.63) is 80.1 Å². The highest BCUT2D eigenvalue weighted by molar-refractivity contribution is 7.90. The van der Waals surface area contributed by atoms with Gasteiger partial charge < -0.3 is 20.1 Å². The zero-order chi connectivity index (χ0) is 31.9. The van der Waals surface area contributed by atoms with Gasteiger partial charge in [0, 0.05) is 63.8 Å². The van der Waals surface area contributed by atoms with Crippen LogP contribution in [0.5, 0.6) is 0 Å². The third kappa shape index (κ3) is 6.59. The molecule has 2 aromatic carbocycles. The van der Waals surface area contributed by atoms with Crippen molar-refractivity contribution >= 4 is 62.2 Å². The summed E-state index contributed by atoms with van der Waals surface area (Å²) in [6, 6.07) is 9.80. The van der Waals surface area contributed by atoms with Gasteiger partial charge >= 0.3 is 0 Å². The first kappa shape index (κ1) is 31.9. The van der Waals surface area contributed by atoms with Gasteiger partial charge in [-0.15, -0.1) is 0 Å². The average molecular weight is 670 g/mol. The molecule has 1 atom stereocenters. The Morgan fingerprint density at radius 2 is 1.76 bits per heavy atom. The van der Waals surface area contributed by atoms with Gasteiger partial charge in [0.2, 0.25) is 5.91 Å². The van der Waals surface area contributed by atoms with Gasteiger partial charge in [0.15, 0.2) is 9.84 Å². The molecule has 4 heterocycles. The number of aryl methyl sites for hydroxylation is 1. The van der Waals surface area contributed by atoms with E-state index in [-0.39, 0.29) is 32.5 Å². The third-order valence-corrected chi connectivity index (χ3v) is 11.8. The molecular formula is C34H38Cl2N4O4S. The van der Waals surface area contributed by atoms with Crippen LogP contribution < -0.4 is 5.32 Å². The molecule has 8 nitrogen and oxygen atoms in total. The SMILES string of the molecule is Cc1[nH]c(C=C2C(=O)Nc3ccc(S(=O)(=O)Cc4c(Cl)cccc4Cl)cc32)c(C)c1CCC(=O)N1CCC[C@@H]1CN1CCCC1. The number of hydrogen-bond acceptors (Lipinski definition) is 5. The molecule has 2 amide bonds. The van der Waals surface area contributed by atoms with E-state index >= 15 is 0 Å². The van der Waals surface area contributed by atoms with Gasteiger partial charge in [-0.25, -0.2) is 8.42 Å². The monoisotopic (exact) mass is 668 g/mol. The number of likely N-dealkylation sites (tertiary alicyclic amines) is 2. The first-order valence-corrected chi connectivity index (χ1v) is 18.0. The largest absolute Gasteiger partial charge is 0.359 e. The van der Waals surface area contributed by atoms with Gasteiger partial charge in [0.25, 0.3) is 5.91 Å². The summed E-state index contributed by atoms with van der Waals surface area (Å²) in [6.45, 7) is 8.05. The molecule has 238 valence electrons. The molecule has 1 aromatic heterocycles. The van der Waals surface area contributed by atoms with Crippen molar-refractivity contribution in [1.82, 2.24) is 14.8 Å². The van der Waals surface area contributed by atoms with Gasteiger partial charge in [-0.3, -0.25) is 9.59 Å². The molecule has 0 radical (unpaired) electrons. The van der Waals surface area contributed by atoms with Crippen LogP contribution in [0.3, 0.4) is 0 Å². The van der Waals surface area contributed by atoms with Crippen molar-refractivity contribution in [3.8, 4) is 0 Å². The predicted molar refractivity (Wildman–Crippen MR) is 179 cm³/mol. The smallest absolute Gasteiger partial charge is 0.256 e. The number of anilines is 1. The normalized spacial score (nSPS) is 19.5. The minimum Gasteiger partial charge on any atom is -0.359 e. The first-order valence-electron chi connectivity index (χ1n) is 15.5. The lowest BCUT2D eigenvalue weighted by Gasteiger charge is -2.28. The van der Waals surface area contributed by atoms with Crippen LogP contribution in [-0.4, -0.2) is 67.2 Å². The van der Waals surface area contributed by atoms with E-state index in [0.717, 1.165) is 61.5 Å². The quantitative estimate of drug-likeness (QED) is 0.256. The Labute approximate surface area is 274 Å². The van der Waals surface area contributed by atoms with Crippen LogP contribution >= 0.6 is 23.2 Å². The molecule has 0 saturated carbocycles. The Kier molecular flexibility index (Phi) is 9.17. The second-order valence-corrected chi connectivity index (χ2v) is 15.1. The van der Waals surface area contributed by atoms with Gasteiger partial charge in [-0.1, -0.05) is 29.3 Å². The van der Waals surface area contributed by atoms with Crippen molar-refractivity contribution in [2.75, 3.05) is 31.5 Å². The molecule has 3 aromatic rings. The number of amides is 2. The van der Waals surface area contributed by atoms with Crippen molar-refractivity contribution in [3.63, 3.8) is 0 Å². The minimum atomic E-state index is -3.82. The molecule has 11 heteroatoms. The summed E-state index contributed by atoms with van der Waals surface area (Å²) in [4.78, 5) is 34.4. The number of fused-ring (bicyclic) bond motifs is 1. The Hall–Kier alpha value is -3.11. The number of benzene rings is 2. The van der Waals surface area contributed by atoms with Crippen LogP contribution in [0.25, 0.3) is 11.6 Å². The molecule has 45 heavy (non-hydrogen) atoms. The van der Waals surface area contributed by atoms with E-state index in [1.54, 1.807) is 30.3 Å². The van der Waals surface area contributed by atoms with E-state index in [1.165, 1.54) is 25.0 Å². The number of nitrogens with zero attached hydrogens (tertiary/aromatic N) is 2. The third-order valence-electron chi connectivity index (χ3n) is 9.40. The molecule has 3 aliphatic rings. The van der Waals surface area contributed by atoms with Crippen LogP contribution in [-0.2, 0) is 31.6 Å². The van der Waals surface area contributed by atoms with Gasteiger partial charge in [-0.2, -0.15) is 0 Å². The molecular weight excluding hydrogens is 631 g/mol. The molecule has 2 saturated heterocycles. The zero-order valence-electron chi connectivity index (χ0n) is 25.6. The summed E-state index contributed by atoms with van der Waals surface area (Å²) >= 11 is 12.5. The number of carbonyl (C=O) groups is 2. The summed E-state index contributed by atoms with van der Waals surface area (Å²) in [5, 5.41) is 3.40. The summed E-state index contributed by atoms with van der Waals surface area (Å²) in [5.74, 6) is -0.472. The second kappa shape index (κ2) is 12.9. The van der Waals surface area contributed by atoms with Crippen molar-refractivity contribution < 1.29 is 18.0 Å². The molecule has 2 N–H and O–H groups in total. The highest BCUT2D eigenvalue weighted by Crippen LogP contribution is 2.37. The number of rotatable bonds is 9. The van der Waals surface area contributed by atoms with E-state index in [9.17, 15) is 18.0 Å². The van der Waals surface area contributed by atoms with Crippen molar-refractivity contribution in [2.24, 2.45) is 0 Å². The predicted octanol–water partition coefficient (Wildman–Crippen LogP) is 6.42. The van der Waals surface area contributed by atoms with E-state index < -0.39 is 9.84 Å². The van der Waals surface area contributed by atoms with Crippen LogP contribution in [0.4, 0.5) is 5.69 Å². The zero-order valence-corrected chi connectivity index (χ0v) is 27.9. The molecule has 3 aliphatic heterocycles. The Bertz CT molecular complexity index is 1770. The van der Waals surface area contributed by atoms with Gasteiger partial charge in [0.05, 0.1) is 16.2 Å².